The number of nitrogens with zero attached hydrogens (tertiary/aromatic N) is 2. The van der Waals surface area contributed by atoms with Crippen molar-refractivity contribution in [3.63, 3.8) is 0 Å². The molecule has 3 nitrogen and oxygen atoms in total. The van der Waals surface area contributed by atoms with Gasteiger partial charge in [0.15, 0.2) is 0 Å². The van der Waals surface area contributed by atoms with E-state index < -0.39 is 0 Å². The molecule has 1 aromatic heterocycles. The SMILES string of the molecule is CBC(C)(C)C[C@@H]1[C@@H]2CCc3nn[nH]c3CC[C@@H]21. The quantitative estimate of drug-likeness (QED) is 0.831. The van der Waals surface area contributed by atoms with E-state index in [0.717, 1.165) is 30.6 Å². The third-order valence-corrected chi connectivity index (χ3v) is 5.40. The summed E-state index contributed by atoms with van der Waals surface area (Å²) >= 11 is 0. The monoisotopic (exact) mass is 245 g/mol. The number of nitrogens with one attached hydrogen (secondary N) is 1. The average Bonchev–Trinajstić information content (AvgIpc) is 2.74. The maximum atomic E-state index is 4.22. The predicted molar refractivity (Wildman–Crippen MR) is 75.2 cm³/mol. The van der Waals surface area contributed by atoms with Gasteiger partial charge >= 0.3 is 0 Å². The van der Waals surface area contributed by atoms with Crippen molar-refractivity contribution in [3.05, 3.63) is 11.4 Å². The van der Waals surface area contributed by atoms with E-state index in [9.17, 15) is 0 Å². The summed E-state index contributed by atoms with van der Waals surface area (Å²) in [5, 5.41) is 11.8. The molecule has 3 rings (SSSR count). The van der Waals surface area contributed by atoms with E-state index in [2.05, 4.69) is 36.1 Å². The van der Waals surface area contributed by atoms with Crippen LogP contribution >= 0.6 is 0 Å². The second-order valence-corrected chi connectivity index (χ2v) is 7.03. The van der Waals surface area contributed by atoms with Crippen molar-refractivity contribution in [1.82, 2.24) is 15.4 Å². The molecule has 98 valence electrons. The Labute approximate surface area is 110 Å². The molecule has 0 spiro atoms. The topological polar surface area (TPSA) is 41.6 Å². The van der Waals surface area contributed by atoms with E-state index in [1.807, 2.05) is 0 Å². The van der Waals surface area contributed by atoms with Crippen LogP contribution < -0.4 is 0 Å². The molecule has 18 heavy (non-hydrogen) atoms. The second kappa shape index (κ2) is 4.39. The minimum atomic E-state index is 0.528. The lowest BCUT2D eigenvalue weighted by Crippen LogP contribution is -2.11. The van der Waals surface area contributed by atoms with Crippen LogP contribution in [0, 0.1) is 17.8 Å². The molecule has 1 aromatic rings. The summed E-state index contributed by atoms with van der Waals surface area (Å²) in [6.45, 7) is 7.17. The summed E-state index contributed by atoms with van der Waals surface area (Å²) in [6, 6.07) is 0. The average molecular weight is 245 g/mol. The lowest BCUT2D eigenvalue weighted by Gasteiger charge is -2.21. The highest BCUT2D eigenvalue weighted by Crippen LogP contribution is 2.58. The van der Waals surface area contributed by atoms with Gasteiger partial charge in [0.2, 0.25) is 0 Å². The van der Waals surface area contributed by atoms with Gasteiger partial charge in [-0.05, 0) is 43.4 Å². The number of aryl methyl sites for hydroxylation is 2. The van der Waals surface area contributed by atoms with Gasteiger partial charge in [-0.25, -0.2) is 0 Å². The Morgan fingerprint density at radius 2 is 2.00 bits per heavy atom. The molecule has 0 aromatic carbocycles. The van der Waals surface area contributed by atoms with Gasteiger partial charge in [0.05, 0.1) is 11.4 Å². The van der Waals surface area contributed by atoms with Crippen LogP contribution in [0.1, 0.15) is 44.5 Å². The second-order valence-electron chi connectivity index (χ2n) is 7.03. The molecule has 0 aliphatic heterocycles. The van der Waals surface area contributed by atoms with Gasteiger partial charge in [-0.1, -0.05) is 37.6 Å². The Hall–Kier alpha value is -0.795. The molecule has 3 atom stereocenters. The molecule has 0 amide bonds. The maximum absolute atomic E-state index is 4.22. The summed E-state index contributed by atoms with van der Waals surface area (Å²) in [5.74, 6) is 2.94. The zero-order chi connectivity index (χ0) is 12.8. The largest absolute Gasteiger partial charge is 0.262 e. The number of H-pyrrole nitrogens is 1. The molecule has 0 saturated heterocycles. The number of rotatable bonds is 3. The van der Waals surface area contributed by atoms with Crippen molar-refractivity contribution in [2.24, 2.45) is 17.8 Å². The summed E-state index contributed by atoms with van der Waals surface area (Å²) in [5.41, 5.74) is 2.53. The molecular formula is C14H24BN3. The van der Waals surface area contributed by atoms with E-state index >= 15 is 0 Å². The fraction of sp³-hybridized carbons (Fsp3) is 0.857. The van der Waals surface area contributed by atoms with Crippen molar-refractivity contribution in [3.8, 4) is 0 Å². The van der Waals surface area contributed by atoms with Crippen LogP contribution in [0.2, 0.25) is 12.1 Å². The smallest absolute Gasteiger partial charge is 0.124 e. The van der Waals surface area contributed by atoms with Gasteiger partial charge in [-0.2, -0.15) is 0 Å². The van der Waals surface area contributed by atoms with E-state index in [1.54, 1.807) is 0 Å². The molecule has 1 saturated carbocycles. The Morgan fingerprint density at radius 3 is 2.72 bits per heavy atom. The van der Waals surface area contributed by atoms with Crippen LogP contribution in [0.4, 0.5) is 0 Å². The van der Waals surface area contributed by atoms with Crippen molar-refractivity contribution in [2.45, 2.75) is 58.1 Å². The Morgan fingerprint density at radius 1 is 1.28 bits per heavy atom. The number of hydrogen-bond donors (Lipinski definition) is 1. The van der Waals surface area contributed by atoms with Crippen LogP contribution in [-0.2, 0) is 12.8 Å². The minimum Gasteiger partial charge on any atom is -0.262 e. The summed E-state index contributed by atoms with van der Waals surface area (Å²) in [4.78, 5) is 0. The van der Waals surface area contributed by atoms with Crippen LogP contribution in [0.25, 0.3) is 0 Å². The van der Waals surface area contributed by atoms with Gasteiger partial charge < -0.3 is 0 Å². The van der Waals surface area contributed by atoms with E-state index in [0.29, 0.717) is 5.31 Å². The van der Waals surface area contributed by atoms with Gasteiger partial charge in [-0.3, -0.25) is 5.10 Å². The third-order valence-electron chi connectivity index (χ3n) is 5.40. The summed E-state index contributed by atoms with van der Waals surface area (Å²) in [7, 11) is 1.30. The normalized spacial score (nSPS) is 30.9. The van der Waals surface area contributed by atoms with E-state index in [-0.39, 0.29) is 0 Å². The van der Waals surface area contributed by atoms with E-state index in [4.69, 9.17) is 0 Å². The molecular weight excluding hydrogens is 221 g/mol. The molecule has 0 unspecified atom stereocenters. The van der Waals surface area contributed by atoms with Crippen LogP contribution in [0.15, 0.2) is 0 Å². The number of aromatic amines is 1. The van der Waals surface area contributed by atoms with E-state index in [1.165, 1.54) is 37.9 Å². The van der Waals surface area contributed by atoms with Crippen molar-refractivity contribution < 1.29 is 0 Å². The summed E-state index contributed by atoms with van der Waals surface area (Å²) < 4.78 is 0. The van der Waals surface area contributed by atoms with Gasteiger partial charge in [0, 0.05) is 0 Å². The molecule has 2 aliphatic carbocycles. The first kappa shape index (κ1) is 12.2. The molecule has 4 heteroatoms. The first-order valence-corrected chi connectivity index (χ1v) is 7.49. The molecule has 0 radical (unpaired) electrons. The summed E-state index contributed by atoms with van der Waals surface area (Å²) in [6.07, 6.45) is 6.38. The number of hydrogen-bond acceptors (Lipinski definition) is 2. The van der Waals surface area contributed by atoms with Crippen LogP contribution in [-0.4, -0.2) is 22.7 Å². The lowest BCUT2D eigenvalue weighted by molar-refractivity contribution is 0.506. The van der Waals surface area contributed by atoms with Crippen molar-refractivity contribution >= 4 is 7.28 Å². The molecule has 2 aliphatic rings. The third kappa shape index (κ3) is 2.22. The fourth-order valence-corrected chi connectivity index (χ4v) is 3.75. The van der Waals surface area contributed by atoms with Gasteiger partial charge in [-0.15, -0.1) is 5.10 Å². The van der Waals surface area contributed by atoms with Crippen molar-refractivity contribution in [2.75, 3.05) is 0 Å². The number of fused-ring (bicyclic) bond motifs is 2. The maximum Gasteiger partial charge on any atom is 0.124 e. The molecule has 1 fully saturated rings. The molecule has 1 heterocycles. The lowest BCUT2D eigenvalue weighted by atomic mass is 9.54. The first-order chi connectivity index (χ1) is 8.61. The Kier molecular flexibility index (Phi) is 2.99. The van der Waals surface area contributed by atoms with Crippen molar-refractivity contribution in [1.29, 1.82) is 0 Å². The highest BCUT2D eigenvalue weighted by Gasteiger charge is 2.50. The first-order valence-electron chi connectivity index (χ1n) is 7.49. The fourth-order valence-electron chi connectivity index (χ4n) is 3.75. The Balaban J connectivity index is 1.64. The Bertz CT molecular complexity index is 398. The zero-order valence-corrected chi connectivity index (χ0v) is 11.9. The standard InChI is InChI=1S/C14H24BN3/c1-14(2,15-3)8-11-9-4-6-12-13(17-18-16-12)7-5-10(9)11/h9-11,15H,4-8H2,1-3H3,(H,16,17,18)/t9-,10+,11-. The van der Waals surface area contributed by atoms with Crippen LogP contribution in [0.3, 0.4) is 0 Å². The highest BCUT2D eigenvalue weighted by atomic mass is 15.3. The highest BCUT2D eigenvalue weighted by molar-refractivity contribution is 6.37. The van der Waals surface area contributed by atoms with Crippen LogP contribution in [0.5, 0.6) is 0 Å². The zero-order valence-electron chi connectivity index (χ0n) is 11.9. The number of aromatic nitrogens is 3. The van der Waals surface area contributed by atoms with Gasteiger partial charge in [0.25, 0.3) is 0 Å². The molecule has 0 bridgehead atoms. The minimum absolute atomic E-state index is 0.528. The van der Waals surface area contributed by atoms with Gasteiger partial charge in [0.1, 0.15) is 7.28 Å². The predicted octanol–water partition coefficient (Wildman–Crippen LogP) is 2.62. The molecule has 1 N–H and O–H groups in total.